The number of fused-ring (bicyclic) bond motifs is 1. The highest BCUT2D eigenvalue weighted by molar-refractivity contribution is 6.36. The highest BCUT2D eigenvalue weighted by Crippen LogP contribution is 2.33. The third kappa shape index (κ3) is 2.37. The van der Waals surface area contributed by atoms with Crippen molar-refractivity contribution in [2.45, 2.75) is 13.3 Å². The first-order valence-electron chi connectivity index (χ1n) is 6.41. The molecule has 0 amide bonds. The molecule has 1 aromatic carbocycles. The van der Waals surface area contributed by atoms with E-state index in [1.807, 2.05) is 35.6 Å². The Balaban J connectivity index is 2.34. The first-order valence-corrected chi connectivity index (χ1v) is 7.16. The first-order chi connectivity index (χ1) is 10.1. The molecule has 0 aliphatic carbocycles. The van der Waals surface area contributed by atoms with E-state index in [1.165, 1.54) is 0 Å². The Hall–Kier alpha value is -2.02. The van der Waals surface area contributed by atoms with E-state index in [1.54, 1.807) is 12.1 Å². The lowest BCUT2D eigenvalue weighted by atomic mass is 10.1. The zero-order chi connectivity index (χ0) is 15.0. The molecule has 0 atom stereocenters. The molecule has 0 N–H and O–H groups in total. The molecule has 0 fully saturated rings. The second-order valence-electron chi connectivity index (χ2n) is 4.73. The average molecular weight is 316 g/mol. The fraction of sp³-hybridized carbons (Fsp3) is 0.125. The number of aryl methyl sites for hydroxylation is 1. The maximum absolute atomic E-state index is 9.13. The highest BCUT2D eigenvalue weighted by atomic mass is 35.5. The van der Waals surface area contributed by atoms with Crippen LogP contribution in [0.1, 0.15) is 11.4 Å². The summed E-state index contributed by atoms with van der Waals surface area (Å²) in [7, 11) is 0. The van der Waals surface area contributed by atoms with Crippen LogP contribution < -0.4 is 0 Å². The number of hydrogen-bond acceptors (Lipinski definition) is 2. The van der Waals surface area contributed by atoms with Crippen molar-refractivity contribution in [3.8, 4) is 17.3 Å². The number of benzene rings is 1. The van der Waals surface area contributed by atoms with Gasteiger partial charge in [-0.1, -0.05) is 29.3 Å². The number of halogens is 2. The van der Waals surface area contributed by atoms with Gasteiger partial charge >= 0.3 is 0 Å². The first kappa shape index (κ1) is 13.9. The topological polar surface area (TPSA) is 41.1 Å². The standard InChI is InChI=1S/C16H11Cl2N3/c1-10-3-2-4-15-20-16(14(7-8-19)21(10)15)12-6-5-11(17)9-13(12)18/h2-6,9H,7H2,1H3. The molecule has 21 heavy (non-hydrogen) atoms. The van der Waals surface area contributed by atoms with Crippen molar-refractivity contribution < 1.29 is 0 Å². The molecule has 2 heterocycles. The number of nitrogens with zero attached hydrogens (tertiary/aromatic N) is 3. The Labute approximate surface area is 132 Å². The second-order valence-corrected chi connectivity index (χ2v) is 5.57. The molecule has 0 radical (unpaired) electrons. The molecule has 0 aliphatic heterocycles. The van der Waals surface area contributed by atoms with Crippen molar-refractivity contribution in [1.82, 2.24) is 9.38 Å². The van der Waals surface area contributed by atoms with Crippen LogP contribution >= 0.6 is 23.2 Å². The number of hydrogen-bond donors (Lipinski definition) is 0. The Kier molecular flexibility index (Phi) is 3.59. The number of aromatic nitrogens is 2. The average Bonchev–Trinajstić information content (AvgIpc) is 2.79. The quantitative estimate of drug-likeness (QED) is 0.688. The van der Waals surface area contributed by atoms with Gasteiger partial charge in [0.2, 0.25) is 0 Å². The molecule has 3 aromatic rings. The van der Waals surface area contributed by atoms with Gasteiger partial charge in [-0.05, 0) is 37.3 Å². The number of imidazole rings is 1. The minimum absolute atomic E-state index is 0.264. The summed E-state index contributed by atoms with van der Waals surface area (Å²) >= 11 is 12.2. The van der Waals surface area contributed by atoms with Crippen molar-refractivity contribution in [2.75, 3.05) is 0 Å². The summed E-state index contributed by atoms with van der Waals surface area (Å²) in [6.45, 7) is 1.99. The van der Waals surface area contributed by atoms with Gasteiger partial charge in [-0.2, -0.15) is 5.26 Å². The summed E-state index contributed by atoms with van der Waals surface area (Å²) in [6, 6.07) is 13.3. The third-order valence-electron chi connectivity index (χ3n) is 3.37. The van der Waals surface area contributed by atoms with Gasteiger partial charge in [-0.3, -0.25) is 4.40 Å². The summed E-state index contributed by atoms with van der Waals surface area (Å²) in [5.41, 5.74) is 4.19. The maximum Gasteiger partial charge on any atom is 0.137 e. The van der Waals surface area contributed by atoms with E-state index in [2.05, 4.69) is 11.1 Å². The van der Waals surface area contributed by atoms with Crippen LogP contribution in [0.3, 0.4) is 0 Å². The van der Waals surface area contributed by atoms with Crippen LogP contribution in [0.5, 0.6) is 0 Å². The van der Waals surface area contributed by atoms with Gasteiger partial charge in [-0.15, -0.1) is 0 Å². The van der Waals surface area contributed by atoms with Gasteiger partial charge in [0.15, 0.2) is 0 Å². The van der Waals surface area contributed by atoms with Gasteiger partial charge in [0, 0.05) is 16.3 Å². The van der Waals surface area contributed by atoms with Crippen molar-refractivity contribution in [2.24, 2.45) is 0 Å². The molecule has 0 saturated heterocycles. The van der Waals surface area contributed by atoms with Gasteiger partial charge in [0.1, 0.15) is 5.65 Å². The van der Waals surface area contributed by atoms with Crippen molar-refractivity contribution in [3.05, 3.63) is 57.8 Å². The lowest BCUT2D eigenvalue weighted by Gasteiger charge is -2.06. The molecular weight excluding hydrogens is 305 g/mol. The highest BCUT2D eigenvalue weighted by Gasteiger charge is 2.17. The lowest BCUT2D eigenvalue weighted by molar-refractivity contribution is 1.00. The molecule has 0 unspecified atom stereocenters. The monoisotopic (exact) mass is 315 g/mol. The van der Waals surface area contributed by atoms with Crippen LogP contribution in [0.4, 0.5) is 0 Å². The number of pyridine rings is 1. The fourth-order valence-corrected chi connectivity index (χ4v) is 2.96. The van der Waals surface area contributed by atoms with E-state index in [9.17, 15) is 0 Å². The Bertz CT molecular complexity index is 875. The molecular formula is C16H11Cl2N3. The maximum atomic E-state index is 9.13. The van der Waals surface area contributed by atoms with Crippen LogP contribution in [0.15, 0.2) is 36.4 Å². The zero-order valence-corrected chi connectivity index (χ0v) is 12.8. The zero-order valence-electron chi connectivity index (χ0n) is 11.3. The molecule has 0 spiro atoms. The minimum Gasteiger partial charge on any atom is -0.300 e. The molecule has 0 saturated carbocycles. The molecule has 3 rings (SSSR count). The normalized spacial score (nSPS) is 10.8. The minimum atomic E-state index is 0.264. The second kappa shape index (κ2) is 5.40. The van der Waals surface area contributed by atoms with Crippen LogP contribution in [-0.2, 0) is 6.42 Å². The predicted molar refractivity (Wildman–Crippen MR) is 84.7 cm³/mol. The Morgan fingerprint density at radius 1 is 1.24 bits per heavy atom. The van der Waals surface area contributed by atoms with Gasteiger partial charge in [0.05, 0.1) is 28.9 Å². The van der Waals surface area contributed by atoms with E-state index in [4.69, 9.17) is 28.5 Å². The number of rotatable bonds is 2. The summed E-state index contributed by atoms with van der Waals surface area (Å²) < 4.78 is 1.99. The van der Waals surface area contributed by atoms with Crippen molar-refractivity contribution in [1.29, 1.82) is 5.26 Å². The van der Waals surface area contributed by atoms with Crippen molar-refractivity contribution >= 4 is 28.8 Å². The summed E-state index contributed by atoms with van der Waals surface area (Å²) in [5.74, 6) is 0. The van der Waals surface area contributed by atoms with Gasteiger partial charge in [0.25, 0.3) is 0 Å². The molecule has 3 nitrogen and oxygen atoms in total. The smallest absolute Gasteiger partial charge is 0.137 e. The summed E-state index contributed by atoms with van der Waals surface area (Å²) in [4.78, 5) is 4.64. The number of nitriles is 1. The van der Waals surface area contributed by atoms with E-state index in [0.717, 1.165) is 28.3 Å². The van der Waals surface area contributed by atoms with Gasteiger partial charge < -0.3 is 0 Å². The molecule has 104 valence electrons. The SMILES string of the molecule is Cc1cccc2nc(-c3ccc(Cl)cc3Cl)c(CC#N)n12. The van der Waals surface area contributed by atoms with Crippen LogP contribution in [0.2, 0.25) is 10.0 Å². The van der Waals surface area contributed by atoms with Crippen molar-refractivity contribution in [3.63, 3.8) is 0 Å². The summed E-state index contributed by atoms with van der Waals surface area (Å²) in [6.07, 6.45) is 0.264. The van der Waals surface area contributed by atoms with E-state index in [0.29, 0.717) is 10.0 Å². The largest absolute Gasteiger partial charge is 0.300 e. The fourth-order valence-electron chi connectivity index (χ4n) is 2.46. The van der Waals surface area contributed by atoms with E-state index >= 15 is 0 Å². The molecule has 0 aliphatic rings. The van der Waals surface area contributed by atoms with Crippen LogP contribution in [0, 0.1) is 18.3 Å². The van der Waals surface area contributed by atoms with E-state index in [-0.39, 0.29) is 6.42 Å². The Morgan fingerprint density at radius 2 is 2.05 bits per heavy atom. The lowest BCUT2D eigenvalue weighted by Crippen LogP contribution is -1.97. The Morgan fingerprint density at radius 3 is 2.76 bits per heavy atom. The predicted octanol–water partition coefficient (Wildman–Crippen LogP) is 4.68. The molecule has 5 heteroatoms. The molecule has 0 bridgehead atoms. The molecule has 2 aromatic heterocycles. The van der Waals surface area contributed by atoms with Gasteiger partial charge in [-0.25, -0.2) is 4.98 Å². The van der Waals surface area contributed by atoms with Crippen LogP contribution in [0.25, 0.3) is 16.9 Å². The summed E-state index contributed by atoms with van der Waals surface area (Å²) in [5, 5.41) is 10.2. The third-order valence-corrected chi connectivity index (χ3v) is 3.91. The van der Waals surface area contributed by atoms with Crippen LogP contribution in [-0.4, -0.2) is 9.38 Å². The van der Waals surface area contributed by atoms with E-state index < -0.39 is 0 Å².